The number of esters is 1. The fourth-order valence-electron chi connectivity index (χ4n) is 9.76. The third-order valence-electron chi connectivity index (χ3n) is 13.3. The van der Waals surface area contributed by atoms with Crippen molar-refractivity contribution >= 4 is 45.7 Å². The van der Waals surface area contributed by atoms with Crippen molar-refractivity contribution < 1.29 is 33.3 Å². The Balaban J connectivity index is 1.08. The van der Waals surface area contributed by atoms with Gasteiger partial charge in [-0.1, -0.05) is 44.2 Å². The van der Waals surface area contributed by atoms with Gasteiger partial charge >= 0.3 is 5.97 Å². The Morgan fingerprint density at radius 1 is 1.05 bits per heavy atom. The van der Waals surface area contributed by atoms with E-state index in [0.29, 0.717) is 57.2 Å². The molecule has 7 heterocycles. The van der Waals surface area contributed by atoms with Gasteiger partial charge in [-0.2, -0.15) is 0 Å². The summed E-state index contributed by atoms with van der Waals surface area (Å²) in [6.45, 7) is 10.8. The second-order valence-electron chi connectivity index (χ2n) is 18.3. The van der Waals surface area contributed by atoms with E-state index in [1.807, 2.05) is 48.8 Å². The number of methoxy groups -OCH3 is 1. The summed E-state index contributed by atoms with van der Waals surface area (Å²) in [5.74, 6) is -0.211. The summed E-state index contributed by atoms with van der Waals surface area (Å²) in [5, 5.41) is 8.38. The van der Waals surface area contributed by atoms with Crippen molar-refractivity contribution in [1.82, 2.24) is 30.3 Å². The van der Waals surface area contributed by atoms with Gasteiger partial charge in [0, 0.05) is 66.4 Å². The highest BCUT2D eigenvalue weighted by atomic mass is 32.1. The average Bonchev–Trinajstić information content (AvgIpc) is 3.89. The number of carbonyl (C=O) groups is 3. The number of hydrogen-bond donors (Lipinski definition) is 2. The van der Waals surface area contributed by atoms with Crippen molar-refractivity contribution in [2.24, 2.45) is 11.3 Å². The van der Waals surface area contributed by atoms with Crippen LogP contribution in [-0.4, -0.2) is 103 Å². The number of thiazole rings is 1. The van der Waals surface area contributed by atoms with Crippen LogP contribution in [0.4, 0.5) is 5.69 Å². The molecular formula is C48H55N7O7S. The van der Waals surface area contributed by atoms with E-state index >= 15 is 0 Å². The van der Waals surface area contributed by atoms with Crippen LogP contribution in [0.3, 0.4) is 0 Å². The maximum atomic E-state index is 14.4. The van der Waals surface area contributed by atoms with Crippen molar-refractivity contribution in [2.45, 2.75) is 83.5 Å². The molecule has 4 aliphatic heterocycles. The molecule has 0 radical (unpaired) electrons. The van der Waals surface area contributed by atoms with E-state index < -0.39 is 23.5 Å². The third-order valence-corrected chi connectivity index (χ3v) is 14.1. The number of morpholine rings is 1. The molecule has 2 amide bonds. The van der Waals surface area contributed by atoms with Gasteiger partial charge in [0.2, 0.25) is 5.91 Å². The lowest BCUT2D eigenvalue weighted by Gasteiger charge is -2.35. The highest BCUT2D eigenvalue weighted by Crippen LogP contribution is 2.48. The molecule has 3 fully saturated rings. The molecule has 5 aliphatic rings. The molecular weight excluding hydrogens is 819 g/mol. The molecule has 2 saturated heterocycles. The standard InChI is InChI=1S/C48H55N7O7S/c1-28(59-4)42-35(21-31(25-49-42)53-13-16-60-17-14-53)43-36-24-48(2,3)27-62-47(58)37-11-8-12-55(52-37)46(57)38(51-45(56)34-22-32(34)29-9-6-5-7-10-29)23-41-50-39(26-63-41)30-19-33(36)44-40(20-30)61-18-15-54(43)44/h5-7,9-10,19-21,25-26,28,32,34,37-38,52H,8,11-18,22-24,27H2,1-4H3,(H,51,56)/t28-,32+,34-,37-,38-/m0/s1. The number of hydrogen-bond acceptors (Lipinski definition) is 12. The maximum absolute atomic E-state index is 14.4. The number of fused-ring (bicyclic) bond motifs is 6. The summed E-state index contributed by atoms with van der Waals surface area (Å²) in [6, 6.07) is 14.9. The van der Waals surface area contributed by atoms with E-state index in [0.717, 1.165) is 81.2 Å². The van der Waals surface area contributed by atoms with Gasteiger partial charge in [-0.3, -0.25) is 24.4 Å². The molecule has 330 valence electrons. The molecule has 5 aromatic rings. The van der Waals surface area contributed by atoms with Crippen LogP contribution in [0.25, 0.3) is 33.4 Å². The number of carbonyl (C=O) groups excluding carboxylic acids is 3. The van der Waals surface area contributed by atoms with E-state index in [2.05, 4.69) is 52.3 Å². The number of aromatic nitrogens is 3. The molecule has 5 atom stereocenters. The minimum Gasteiger partial charge on any atom is -0.489 e. The molecule has 14 nitrogen and oxygen atoms in total. The third kappa shape index (κ3) is 8.20. The van der Waals surface area contributed by atoms with E-state index in [9.17, 15) is 14.4 Å². The summed E-state index contributed by atoms with van der Waals surface area (Å²) in [5.41, 5.74) is 11.4. The smallest absolute Gasteiger partial charge is 0.324 e. The Bertz CT molecular complexity index is 2550. The number of rotatable bonds is 7. The zero-order chi connectivity index (χ0) is 43.4. The summed E-state index contributed by atoms with van der Waals surface area (Å²) in [7, 11) is 1.71. The average molecular weight is 874 g/mol. The van der Waals surface area contributed by atoms with E-state index in [-0.39, 0.29) is 42.8 Å². The van der Waals surface area contributed by atoms with Gasteiger partial charge in [-0.15, -0.1) is 11.3 Å². The number of anilines is 1. The number of ether oxygens (including phenoxy) is 4. The number of nitrogens with one attached hydrogen (secondary N) is 2. The number of pyridine rings is 1. The van der Waals surface area contributed by atoms with Crippen molar-refractivity contribution in [3.05, 3.63) is 81.9 Å². The Morgan fingerprint density at radius 2 is 1.87 bits per heavy atom. The summed E-state index contributed by atoms with van der Waals surface area (Å²) < 4.78 is 26.7. The lowest BCUT2D eigenvalue weighted by atomic mass is 9.84. The predicted molar refractivity (Wildman–Crippen MR) is 239 cm³/mol. The Labute approximate surface area is 371 Å². The Hall–Kier alpha value is -5.35. The lowest BCUT2D eigenvalue weighted by Crippen LogP contribution is -2.60. The highest BCUT2D eigenvalue weighted by Gasteiger charge is 2.45. The Morgan fingerprint density at radius 3 is 2.68 bits per heavy atom. The largest absolute Gasteiger partial charge is 0.489 e. The molecule has 1 saturated carbocycles. The normalized spacial score (nSPS) is 24.0. The predicted octanol–water partition coefficient (Wildman–Crippen LogP) is 6.22. The van der Waals surface area contributed by atoms with E-state index in [1.54, 1.807) is 7.11 Å². The van der Waals surface area contributed by atoms with Gasteiger partial charge in [0.15, 0.2) is 0 Å². The van der Waals surface area contributed by atoms with Crippen LogP contribution in [0.5, 0.6) is 5.75 Å². The second kappa shape index (κ2) is 17.0. The van der Waals surface area contributed by atoms with Crippen LogP contribution in [0, 0.1) is 11.3 Å². The first-order chi connectivity index (χ1) is 30.5. The first-order valence-corrected chi connectivity index (χ1v) is 23.1. The zero-order valence-corrected chi connectivity index (χ0v) is 37.2. The van der Waals surface area contributed by atoms with Gasteiger partial charge in [0.05, 0.1) is 72.0 Å². The molecule has 0 spiro atoms. The lowest BCUT2D eigenvalue weighted by molar-refractivity contribution is -0.155. The van der Waals surface area contributed by atoms with Gasteiger partial charge in [-0.05, 0) is 67.9 Å². The van der Waals surface area contributed by atoms with Crippen molar-refractivity contribution in [3.8, 4) is 28.3 Å². The molecule has 15 heteroatoms. The minimum atomic E-state index is -0.894. The number of amides is 2. The van der Waals surface area contributed by atoms with Crippen LogP contribution in [0.15, 0.2) is 60.1 Å². The quantitative estimate of drug-likeness (QED) is 0.180. The molecule has 3 aromatic heterocycles. The minimum absolute atomic E-state index is 0.113. The van der Waals surface area contributed by atoms with Crippen LogP contribution in [-0.2, 0) is 48.0 Å². The number of nitrogens with zero attached hydrogens (tertiary/aromatic N) is 5. The summed E-state index contributed by atoms with van der Waals surface area (Å²) >= 11 is 1.47. The van der Waals surface area contributed by atoms with Crippen molar-refractivity contribution in [2.75, 3.05) is 58.1 Å². The summed E-state index contributed by atoms with van der Waals surface area (Å²) in [4.78, 5) is 54.7. The zero-order valence-electron chi connectivity index (χ0n) is 36.4. The fourth-order valence-corrected chi connectivity index (χ4v) is 10.6. The van der Waals surface area contributed by atoms with Crippen LogP contribution >= 0.6 is 11.3 Å². The first kappa shape index (κ1) is 41.6. The first-order valence-electron chi connectivity index (χ1n) is 22.3. The van der Waals surface area contributed by atoms with Gasteiger partial charge < -0.3 is 33.7 Å². The SMILES string of the molecule is CO[C@@H](C)c1ncc(N2CCOCC2)cc1-c1c2c3cc(cc4c3n1CCO4)-c1csc(n1)C[C@H](NC(=O)[C@H]1C[C@@H]1c1ccccc1)C(=O)N1CCC[C@H](N1)C(=O)OCC(C)(C)C2. The molecule has 2 aromatic carbocycles. The van der Waals surface area contributed by atoms with Gasteiger partial charge in [0.1, 0.15) is 24.4 Å². The molecule has 6 bridgehead atoms. The second-order valence-corrected chi connectivity index (χ2v) is 19.3. The highest BCUT2D eigenvalue weighted by molar-refractivity contribution is 7.10. The number of cyclic esters (lactones) is 1. The molecule has 1 aliphatic carbocycles. The van der Waals surface area contributed by atoms with Gasteiger partial charge in [-0.25, -0.2) is 10.4 Å². The molecule has 2 N–H and O–H groups in total. The number of hydrazine groups is 1. The molecule has 0 unspecified atom stereocenters. The van der Waals surface area contributed by atoms with E-state index in [1.165, 1.54) is 16.3 Å². The summed E-state index contributed by atoms with van der Waals surface area (Å²) in [6.07, 6.45) is 4.28. The Kier molecular flexibility index (Phi) is 11.2. The fraction of sp³-hybridized carbons (Fsp3) is 0.479. The monoisotopic (exact) mass is 873 g/mol. The van der Waals surface area contributed by atoms with Crippen molar-refractivity contribution in [3.63, 3.8) is 0 Å². The molecule has 63 heavy (non-hydrogen) atoms. The maximum Gasteiger partial charge on any atom is 0.324 e. The van der Waals surface area contributed by atoms with Gasteiger partial charge in [0.25, 0.3) is 5.91 Å². The van der Waals surface area contributed by atoms with Crippen molar-refractivity contribution in [1.29, 1.82) is 0 Å². The topological polar surface area (TPSA) is 149 Å². The van der Waals surface area contributed by atoms with Crippen LogP contribution in [0.1, 0.15) is 73.9 Å². The molecule has 10 rings (SSSR count). The van der Waals surface area contributed by atoms with Crippen LogP contribution < -0.4 is 20.4 Å². The van der Waals surface area contributed by atoms with E-state index in [4.69, 9.17) is 28.9 Å². The number of benzene rings is 2. The van der Waals surface area contributed by atoms with Crippen LogP contribution in [0.2, 0.25) is 0 Å².